The number of rotatable bonds is 8. The molecule has 0 bridgehead atoms. The van der Waals surface area contributed by atoms with Crippen LogP contribution < -0.4 is 10.5 Å². The third kappa shape index (κ3) is 5.16. The van der Waals surface area contributed by atoms with Gasteiger partial charge in [0.1, 0.15) is 17.7 Å². The maximum atomic E-state index is 14.0. The average Bonchev–Trinajstić information content (AvgIpc) is 3.12. The van der Waals surface area contributed by atoms with Gasteiger partial charge in [0.15, 0.2) is 0 Å². The van der Waals surface area contributed by atoms with Gasteiger partial charge in [-0.05, 0) is 36.6 Å². The number of amides is 2. The zero-order valence-corrected chi connectivity index (χ0v) is 16.3. The summed E-state index contributed by atoms with van der Waals surface area (Å²) in [7, 11) is 0. The highest BCUT2D eigenvalue weighted by Gasteiger charge is 2.37. The molecule has 9 heteroatoms. The van der Waals surface area contributed by atoms with E-state index in [1.807, 2.05) is 0 Å². The van der Waals surface area contributed by atoms with Crippen molar-refractivity contribution in [3.8, 4) is 6.01 Å². The number of ether oxygens (including phenoxy) is 1. The fraction of sp³-hybridized carbons (Fsp3) is 0.333. The number of alkyl halides is 1. The molecule has 2 aromatic rings. The Morgan fingerprint density at radius 2 is 2.13 bits per heavy atom. The minimum Gasteiger partial charge on any atom is -0.463 e. The van der Waals surface area contributed by atoms with Crippen LogP contribution >= 0.6 is 0 Å². The summed E-state index contributed by atoms with van der Waals surface area (Å²) in [6, 6.07) is 6.71. The smallest absolute Gasteiger partial charge is 0.317 e. The molecule has 1 aliphatic rings. The maximum Gasteiger partial charge on any atom is 0.317 e. The Morgan fingerprint density at radius 3 is 2.87 bits per heavy atom. The van der Waals surface area contributed by atoms with Gasteiger partial charge in [-0.1, -0.05) is 18.7 Å². The van der Waals surface area contributed by atoms with Crippen LogP contribution in [0, 0.1) is 5.82 Å². The van der Waals surface area contributed by atoms with Crippen molar-refractivity contribution in [1.29, 1.82) is 0 Å². The number of likely N-dealkylation sites (tertiary alicyclic amines) is 1. The molecule has 0 aliphatic carbocycles. The summed E-state index contributed by atoms with van der Waals surface area (Å²) >= 11 is 0. The Hall–Kier alpha value is -3.36. The van der Waals surface area contributed by atoms with E-state index >= 15 is 0 Å². The normalized spacial score (nSPS) is 18.3. The topological polar surface area (TPSA) is 98.4 Å². The molecule has 1 aliphatic heterocycles. The van der Waals surface area contributed by atoms with Gasteiger partial charge >= 0.3 is 6.01 Å². The number of hydrogen-bond donors (Lipinski definition) is 1. The summed E-state index contributed by atoms with van der Waals surface area (Å²) in [6.45, 7) is 3.95. The van der Waals surface area contributed by atoms with E-state index in [4.69, 9.17) is 10.5 Å². The van der Waals surface area contributed by atoms with Gasteiger partial charge in [0, 0.05) is 18.2 Å². The molecule has 7 nitrogen and oxygen atoms in total. The average molecular weight is 416 g/mol. The van der Waals surface area contributed by atoms with Crippen molar-refractivity contribution in [1.82, 2.24) is 14.9 Å². The molecule has 1 fully saturated rings. The number of carbonyl (C=O) groups is 2. The third-order valence-corrected chi connectivity index (χ3v) is 4.79. The monoisotopic (exact) mass is 416 g/mol. The van der Waals surface area contributed by atoms with Crippen molar-refractivity contribution < 1.29 is 23.1 Å². The van der Waals surface area contributed by atoms with Crippen LogP contribution in [0.2, 0.25) is 0 Å². The third-order valence-electron chi connectivity index (χ3n) is 4.79. The predicted octanol–water partition coefficient (Wildman–Crippen LogP) is 2.74. The fourth-order valence-corrected chi connectivity index (χ4v) is 3.35. The van der Waals surface area contributed by atoms with Crippen LogP contribution in [-0.2, 0) is 4.79 Å². The highest BCUT2D eigenvalue weighted by Crippen LogP contribution is 2.35. The first-order valence-corrected chi connectivity index (χ1v) is 9.49. The number of carbonyl (C=O) groups excluding carboxylic acids is 2. The standard InChI is InChI=1S/C21H22F2N4O3/c1-13(4-3-9-30-21-25-8-7-17(26-21)19(24)28)20(29)27-12-16(23)11-18(27)14-5-2-6-15(22)10-14/h2,5-8,10,16,18H,1,3-4,9,11-12H2,(H2,24,28). The van der Waals surface area contributed by atoms with E-state index in [2.05, 4.69) is 16.5 Å². The van der Waals surface area contributed by atoms with Crippen molar-refractivity contribution in [2.45, 2.75) is 31.5 Å². The van der Waals surface area contributed by atoms with E-state index in [-0.39, 0.29) is 37.2 Å². The highest BCUT2D eigenvalue weighted by atomic mass is 19.1. The minimum atomic E-state index is -1.17. The molecule has 0 spiro atoms. The number of aromatic nitrogens is 2. The molecule has 158 valence electrons. The zero-order chi connectivity index (χ0) is 21.7. The molecule has 1 saturated heterocycles. The summed E-state index contributed by atoms with van der Waals surface area (Å²) in [4.78, 5) is 33.1. The van der Waals surface area contributed by atoms with Gasteiger partial charge in [-0.25, -0.2) is 13.8 Å². The van der Waals surface area contributed by atoms with Crippen LogP contribution in [-0.4, -0.2) is 46.0 Å². The number of nitrogens with two attached hydrogens (primary N) is 1. The van der Waals surface area contributed by atoms with Gasteiger partial charge in [0.05, 0.1) is 19.2 Å². The second-order valence-corrected chi connectivity index (χ2v) is 7.01. The van der Waals surface area contributed by atoms with Crippen LogP contribution in [0.3, 0.4) is 0 Å². The van der Waals surface area contributed by atoms with E-state index < -0.39 is 23.9 Å². The van der Waals surface area contributed by atoms with E-state index in [0.717, 1.165) is 0 Å². The van der Waals surface area contributed by atoms with Crippen LogP contribution in [0.15, 0.2) is 48.7 Å². The molecule has 1 aromatic carbocycles. The number of halogens is 2. The fourth-order valence-electron chi connectivity index (χ4n) is 3.35. The molecule has 2 atom stereocenters. The quantitative estimate of drug-likeness (QED) is 0.527. The van der Waals surface area contributed by atoms with Gasteiger partial charge < -0.3 is 15.4 Å². The molecule has 2 amide bonds. The Balaban J connectivity index is 1.54. The first-order chi connectivity index (χ1) is 14.3. The number of hydrogen-bond acceptors (Lipinski definition) is 5. The summed E-state index contributed by atoms with van der Waals surface area (Å²) in [5.74, 6) is -1.48. The van der Waals surface area contributed by atoms with Crippen molar-refractivity contribution in [2.24, 2.45) is 5.73 Å². The largest absolute Gasteiger partial charge is 0.463 e. The molecule has 2 heterocycles. The molecule has 2 unspecified atom stereocenters. The predicted molar refractivity (Wildman–Crippen MR) is 105 cm³/mol. The molecular formula is C21H22F2N4O3. The zero-order valence-electron chi connectivity index (χ0n) is 16.3. The summed E-state index contributed by atoms with van der Waals surface area (Å²) in [5, 5.41) is 0. The van der Waals surface area contributed by atoms with Gasteiger partial charge in [-0.3, -0.25) is 9.59 Å². The molecule has 1 aromatic heterocycles. The summed E-state index contributed by atoms with van der Waals surface area (Å²) < 4.78 is 33.0. The Bertz CT molecular complexity index is 953. The van der Waals surface area contributed by atoms with Crippen LogP contribution in [0.25, 0.3) is 0 Å². The van der Waals surface area contributed by atoms with Gasteiger partial charge in [0.2, 0.25) is 5.91 Å². The van der Waals surface area contributed by atoms with Crippen molar-refractivity contribution in [3.05, 3.63) is 65.8 Å². The van der Waals surface area contributed by atoms with Gasteiger partial charge in [-0.2, -0.15) is 4.98 Å². The number of benzene rings is 1. The number of primary amides is 1. The summed E-state index contributed by atoms with van der Waals surface area (Å²) in [6.07, 6.45) is 1.06. The van der Waals surface area contributed by atoms with E-state index in [0.29, 0.717) is 24.0 Å². The van der Waals surface area contributed by atoms with Crippen molar-refractivity contribution in [3.63, 3.8) is 0 Å². The van der Waals surface area contributed by atoms with Crippen molar-refractivity contribution in [2.75, 3.05) is 13.2 Å². The van der Waals surface area contributed by atoms with E-state index in [1.54, 1.807) is 12.1 Å². The Kier molecular flexibility index (Phi) is 6.71. The second-order valence-electron chi connectivity index (χ2n) is 7.01. The Labute approximate surface area is 172 Å². The van der Waals surface area contributed by atoms with E-state index in [9.17, 15) is 18.4 Å². The lowest BCUT2D eigenvalue weighted by atomic mass is 10.0. The second kappa shape index (κ2) is 9.43. The lowest BCUT2D eigenvalue weighted by Gasteiger charge is -2.25. The maximum absolute atomic E-state index is 14.0. The van der Waals surface area contributed by atoms with E-state index in [1.165, 1.54) is 29.3 Å². The first kappa shape index (κ1) is 21.4. The molecule has 0 radical (unpaired) electrons. The lowest BCUT2D eigenvalue weighted by Crippen LogP contribution is -2.32. The van der Waals surface area contributed by atoms with Crippen LogP contribution in [0.4, 0.5) is 8.78 Å². The minimum absolute atomic E-state index is 0.00854. The van der Waals surface area contributed by atoms with Crippen molar-refractivity contribution >= 4 is 11.8 Å². The van der Waals surface area contributed by atoms with Crippen LogP contribution in [0.1, 0.15) is 41.4 Å². The SMILES string of the molecule is C=C(CCCOc1nccc(C(N)=O)n1)C(=O)N1CC(F)CC1c1cccc(F)c1. The first-order valence-electron chi connectivity index (χ1n) is 9.49. The molecular weight excluding hydrogens is 394 g/mol. The summed E-state index contributed by atoms with van der Waals surface area (Å²) in [5.41, 5.74) is 6.06. The Morgan fingerprint density at radius 1 is 1.33 bits per heavy atom. The molecule has 30 heavy (non-hydrogen) atoms. The highest BCUT2D eigenvalue weighted by molar-refractivity contribution is 5.93. The lowest BCUT2D eigenvalue weighted by molar-refractivity contribution is -0.128. The molecule has 2 N–H and O–H groups in total. The van der Waals surface area contributed by atoms with Crippen LogP contribution in [0.5, 0.6) is 6.01 Å². The molecule has 0 saturated carbocycles. The van der Waals surface area contributed by atoms with Gasteiger partial charge in [0.25, 0.3) is 5.91 Å². The van der Waals surface area contributed by atoms with Gasteiger partial charge in [-0.15, -0.1) is 0 Å². The number of nitrogens with zero attached hydrogens (tertiary/aromatic N) is 3. The molecule has 3 rings (SSSR count).